The fraction of sp³-hybridized carbons (Fsp3) is 0.381. The van der Waals surface area contributed by atoms with Crippen LogP contribution in [0.3, 0.4) is 0 Å². The SMILES string of the molecule is O=C(NC1CC1)[C@H](c1ccccc1)N1CCN(c2cccc(Cl)c2)CC1. The first kappa shape index (κ1) is 17.4. The first-order valence-electron chi connectivity index (χ1n) is 9.30. The molecule has 136 valence electrons. The van der Waals surface area contributed by atoms with Gasteiger partial charge in [-0.15, -0.1) is 0 Å². The highest BCUT2D eigenvalue weighted by molar-refractivity contribution is 6.30. The van der Waals surface area contributed by atoms with Crippen molar-refractivity contribution in [1.82, 2.24) is 10.2 Å². The number of hydrogen-bond donors (Lipinski definition) is 1. The molecule has 2 fully saturated rings. The zero-order chi connectivity index (χ0) is 17.9. The third-order valence-corrected chi connectivity index (χ3v) is 5.38. The Morgan fingerprint density at radius 3 is 2.38 bits per heavy atom. The van der Waals surface area contributed by atoms with Crippen molar-refractivity contribution >= 4 is 23.2 Å². The van der Waals surface area contributed by atoms with Gasteiger partial charge in [-0.1, -0.05) is 48.0 Å². The summed E-state index contributed by atoms with van der Waals surface area (Å²) in [6, 6.07) is 18.3. The summed E-state index contributed by atoms with van der Waals surface area (Å²) in [5.74, 6) is 0.134. The number of nitrogens with one attached hydrogen (secondary N) is 1. The van der Waals surface area contributed by atoms with Crippen molar-refractivity contribution in [3.8, 4) is 0 Å². The number of nitrogens with zero attached hydrogens (tertiary/aromatic N) is 2. The number of benzene rings is 2. The van der Waals surface area contributed by atoms with Gasteiger partial charge in [-0.3, -0.25) is 9.69 Å². The Labute approximate surface area is 159 Å². The van der Waals surface area contributed by atoms with Crippen LogP contribution in [-0.4, -0.2) is 43.0 Å². The summed E-state index contributed by atoms with van der Waals surface area (Å²) in [5.41, 5.74) is 2.22. The Hall–Kier alpha value is -2.04. The molecular weight excluding hydrogens is 346 g/mol. The van der Waals surface area contributed by atoms with E-state index in [1.807, 2.05) is 36.4 Å². The molecule has 1 aliphatic heterocycles. The fourth-order valence-corrected chi connectivity index (χ4v) is 3.77. The Morgan fingerprint density at radius 1 is 1.00 bits per heavy atom. The highest BCUT2D eigenvalue weighted by Gasteiger charge is 2.33. The van der Waals surface area contributed by atoms with Gasteiger partial charge in [-0.25, -0.2) is 0 Å². The average molecular weight is 370 g/mol. The molecule has 4 nitrogen and oxygen atoms in total. The van der Waals surface area contributed by atoms with Crippen LogP contribution < -0.4 is 10.2 Å². The van der Waals surface area contributed by atoms with Gasteiger partial charge in [0.15, 0.2) is 0 Å². The molecular formula is C21H24ClN3O. The van der Waals surface area contributed by atoms with E-state index < -0.39 is 0 Å². The summed E-state index contributed by atoms with van der Waals surface area (Å²) in [4.78, 5) is 17.5. The number of hydrogen-bond acceptors (Lipinski definition) is 3. The lowest BCUT2D eigenvalue weighted by Gasteiger charge is -2.39. The molecule has 5 heteroatoms. The predicted octanol–water partition coefficient (Wildman–Crippen LogP) is 3.48. The normalized spacial score (nSPS) is 19.2. The van der Waals surface area contributed by atoms with Crippen molar-refractivity contribution in [1.29, 1.82) is 0 Å². The van der Waals surface area contributed by atoms with Gasteiger partial charge in [0.05, 0.1) is 0 Å². The van der Waals surface area contributed by atoms with Crippen LogP contribution in [-0.2, 0) is 4.79 Å². The monoisotopic (exact) mass is 369 g/mol. The van der Waals surface area contributed by atoms with E-state index in [2.05, 4.69) is 33.3 Å². The van der Waals surface area contributed by atoms with Crippen molar-refractivity contribution in [2.75, 3.05) is 31.1 Å². The largest absolute Gasteiger partial charge is 0.369 e. The number of halogens is 1. The summed E-state index contributed by atoms with van der Waals surface area (Å²) in [6.07, 6.45) is 2.21. The minimum Gasteiger partial charge on any atom is -0.369 e. The zero-order valence-corrected chi connectivity index (χ0v) is 15.5. The van der Waals surface area contributed by atoms with Crippen LogP contribution in [0.1, 0.15) is 24.4 Å². The van der Waals surface area contributed by atoms with Crippen LogP contribution in [0.25, 0.3) is 0 Å². The van der Waals surface area contributed by atoms with Gasteiger partial charge in [-0.2, -0.15) is 0 Å². The maximum absolute atomic E-state index is 12.9. The highest BCUT2D eigenvalue weighted by atomic mass is 35.5. The third kappa shape index (κ3) is 4.02. The molecule has 4 rings (SSSR count). The van der Waals surface area contributed by atoms with E-state index in [1.54, 1.807) is 0 Å². The molecule has 0 spiro atoms. The molecule has 1 aliphatic carbocycles. The molecule has 26 heavy (non-hydrogen) atoms. The van der Waals surface area contributed by atoms with Crippen molar-refractivity contribution < 1.29 is 4.79 Å². The van der Waals surface area contributed by atoms with Gasteiger partial charge in [0.2, 0.25) is 5.91 Å². The van der Waals surface area contributed by atoms with Crippen LogP contribution in [0, 0.1) is 0 Å². The van der Waals surface area contributed by atoms with Gasteiger partial charge in [-0.05, 0) is 36.6 Å². The molecule has 0 aromatic heterocycles. The fourth-order valence-electron chi connectivity index (χ4n) is 3.58. The van der Waals surface area contributed by atoms with E-state index in [-0.39, 0.29) is 11.9 Å². The minimum atomic E-state index is -0.210. The topological polar surface area (TPSA) is 35.6 Å². The maximum atomic E-state index is 12.9. The van der Waals surface area contributed by atoms with Gasteiger partial charge >= 0.3 is 0 Å². The van der Waals surface area contributed by atoms with Gasteiger partial charge in [0, 0.05) is 42.9 Å². The summed E-state index contributed by atoms with van der Waals surface area (Å²) in [6.45, 7) is 3.48. The lowest BCUT2D eigenvalue weighted by molar-refractivity contribution is -0.127. The molecule has 1 saturated carbocycles. The summed E-state index contributed by atoms with van der Waals surface area (Å²) < 4.78 is 0. The van der Waals surface area contributed by atoms with Crippen molar-refractivity contribution in [2.24, 2.45) is 0 Å². The average Bonchev–Trinajstić information content (AvgIpc) is 3.47. The van der Waals surface area contributed by atoms with Crippen LogP contribution in [0.15, 0.2) is 54.6 Å². The second-order valence-electron chi connectivity index (χ2n) is 7.10. The number of piperazine rings is 1. The molecule has 0 unspecified atom stereocenters. The second-order valence-corrected chi connectivity index (χ2v) is 7.54. The molecule has 1 amide bonds. The number of carbonyl (C=O) groups is 1. The lowest BCUT2D eigenvalue weighted by atomic mass is 10.0. The molecule has 1 atom stereocenters. The zero-order valence-electron chi connectivity index (χ0n) is 14.8. The summed E-state index contributed by atoms with van der Waals surface area (Å²) in [5, 5.41) is 3.95. The number of anilines is 1. The van der Waals surface area contributed by atoms with Crippen LogP contribution in [0.5, 0.6) is 0 Å². The van der Waals surface area contributed by atoms with Crippen molar-refractivity contribution in [3.05, 3.63) is 65.2 Å². The quantitative estimate of drug-likeness (QED) is 0.876. The van der Waals surface area contributed by atoms with E-state index >= 15 is 0 Å². The Balaban J connectivity index is 1.47. The number of amides is 1. The van der Waals surface area contributed by atoms with Crippen LogP contribution in [0.2, 0.25) is 5.02 Å². The molecule has 2 aliphatic rings. The van der Waals surface area contributed by atoms with E-state index in [0.717, 1.165) is 55.3 Å². The minimum absolute atomic E-state index is 0.134. The molecule has 1 N–H and O–H groups in total. The standard InChI is InChI=1S/C21H24ClN3O/c22-17-7-4-8-19(15-17)24-11-13-25(14-12-24)20(16-5-2-1-3-6-16)21(26)23-18-9-10-18/h1-8,15,18,20H,9-14H2,(H,23,26)/t20-/m0/s1. The Kier molecular flexibility index (Phi) is 5.14. The number of carbonyl (C=O) groups excluding carboxylic acids is 1. The molecule has 1 heterocycles. The number of rotatable bonds is 5. The molecule has 1 saturated heterocycles. The lowest BCUT2D eigenvalue weighted by Crippen LogP contribution is -2.51. The Morgan fingerprint density at radius 2 is 1.73 bits per heavy atom. The van der Waals surface area contributed by atoms with Gasteiger partial charge < -0.3 is 10.2 Å². The Bertz CT molecular complexity index is 755. The van der Waals surface area contributed by atoms with Crippen molar-refractivity contribution in [2.45, 2.75) is 24.9 Å². The molecule has 0 radical (unpaired) electrons. The third-order valence-electron chi connectivity index (χ3n) is 5.14. The first-order valence-corrected chi connectivity index (χ1v) is 9.68. The van der Waals surface area contributed by atoms with Crippen LogP contribution in [0.4, 0.5) is 5.69 Å². The summed E-state index contributed by atoms with van der Waals surface area (Å²) in [7, 11) is 0. The predicted molar refractivity (Wildman–Crippen MR) is 106 cm³/mol. The highest BCUT2D eigenvalue weighted by Crippen LogP contribution is 2.27. The van der Waals surface area contributed by atoms with E-state index in [9.17, 15) is 4.79 Å². The van der Waals surface area contributed by atoms with Gasteiger partial charge in [0.25, 0.3) is 0 Å². The summed E-state index contributed by atoms with van der Waals surface area (Å²) >= 11 is 6.13. The van der Waals surface area contributed by atoms with Crippen molar-refractivity contribution in [3.63, 3.8) is 0 Å². The molecule has 0 bridgehead atoms. The van der Waals surface area contributed by atoms with Crippen LogP contribution >= 0.6 is 11.6 Å². The van der Waals surface area contributed by atoms with Gasteiger partial charge in [0.1, 0.15) is 6.04 Å². The first-order chi connectivity index (χ1) is 12.7. The second kappa shape index (κ2) is 7.68. The molecule has 2 aromatic carbocycles. The maximum Gasteiger partial charge on any atom is 0.242 e. The molecule has 2 aromatic rings. The van der Waals surface area contributed by atoms with E-state index in [1.165, 1.54) is 0 Å². The van der Waals surface area contributed by atoms with E-state index in [0.29, 0.717) is 6.04 Å². The smallest absolute Gasteiger partial charge is 0.242 e. The van der Waals surface area contributed by atoms with E-state index in [4.69, 9.17) is 11.6 Å².